The number of benzene rings is 3. The number of phenols is 1. The molecule has 1 unspecified atom stereocenters. The predicted octanol–water partition coefficient (Wildman–Crippen LogP) is 1.85. The number of aryl methyl sites for hydroxylation is 1. The van der Waals surface area contributed by atoms with Crippen LogP contribution < -0.4 is 21.3 Å². The van der Waals surface area contributed by atoms with Crippen molar-refractivity contribution in [1.82, 2.24) is 19.8 Å². The molecule has 23 heteroatoms. The van der Waals surface area contributed by atoms with Gasteiger partial charge in [-0.15, -0.1) is 0 Å². The number of aromatic hydroxyl groups is 1. The first-order valence-corrected chi connectivity index (χ1v) is 24.7. The maximum Gasteiger partial charge on any atom is 0.330 e. The number of aliphatic hydroxyl groups excluding tert-OH is 1. The monoisotopic (exact) mass is 1060 g/mol. The van der Waals surface area contributed by atoms with Crippen molar-refractivity contribution < 1.29 is 81.5 Å². The average molecular weight is 1070 g/mol. The van der Waals surface area contributed by atoms with E-state index in [-0.39, 0.29) is 83.9 Å². The molecule has 0 bridgehead atoms. The third kappa shape index (κ3) is 15.8. The van der Waals surface area contributed by atoms with E-state index in [1.165, 1.54) is 24.6 Å². The number of esters is 3. The molecule has 6 rings (SSSR count). The molecule has 0 saturated carbocycles. The predicted molar refractivity (Wildman–Crippen MR) is 268 cm³/mol. The van der Waals surface area contributed by atoms with Crippen LogP contribution in [0.25, 0.3) is 0 Å². The summed E-state index contributed by atoms with van der Waals surface area (Å²) < 4.78 is 65.9. The molecule has 0 spiro atoms. The Balaban J connectivity index is 1.05. The van der Waals surface area contributed by atoms with Crippen LogP contribution in [0.15, 0.2) is 94.6 Å². The smallest absolute Gasteiger partial charge is 0.330 e. The van der Waals surface area contributed by atoms with E-state index in [0.29, 0.717) is 17.9 Å². The van der Waals surface area contributed by atoms with Gasteiger partial charge in [0.1, 0.15) is 41.5 Å². The van der Waals surface area contributed by atoms with Gasteiger partial charge < -0.3 is 67.6 Å². The first-order valence-electron chi connectivity index (χ1n) is 24.7. The lowest BCUT2D eigenvalue weighted by molar-refractivity contribution is -0.279. The summed E-state index contributed by atoms with van der Waals surface area (Å²) in [5, 5.41) is 24.3. The van der Waals surface area contributed by atoms with E-state index in [0.717, 1.165) is 25.0 Å². The third-order valence-corrected chi connectivity index (χ3v) is 12.4. The molecule has 76 heavy (non-hydrogen) atoms. The highest BCUT2D eigenvalue weighted by atomic mass is 16.7. The van der Waals surface area contributed by atoms with Crippen molar-refractivity contribution in [2.45, 2.75) is 82.7 Å². The van der Waals surface area contributed by atoms with Crippen LogP contribution in [0.4, 0.5) is 0 Å². The van der Waals surface area contributed by atoms with Gasteiger partial charge in [-0.25, -0.2) is 4.79 Å². The van der Waals surface area contributed by atoms with E-state index < -0.39 is 89.7 Å². The van der Waals surface area contributed by atoms with Crippen LogP contribution >= 0.6 is 0 Å². The molecule has 0 radical (unpaired) electrons. The minimum atomic E-state index is -1.44. The molecule has 3 aromatic carbocycles. The zero-order valence-electron chi connectivity index (χ0n) is 43.5. The molecule has 1 amide bonds. The number of phenolic OH excluding ortho intramolecular Hbond substituents is 1. The Morgan fingerprint density at radius 1 is 0.789 bits per heavy atom. The third-order valence-electron chi connectivity index (χ3n) is 12.4. The Hall–Kier alpha value is -6.54. The van der Waals surface area contributed by atoms with Crippen LogP contribution in [-0.4, -0.2) is 178 Å². The Labute approximate surface area is 439 Å². The van der Waals surface area contributed by atoms with Crippen LogP contribution in [0.2, 0.25) is 0 Å². The van der Waals surface area contributed by atoms with E-state index in [9.17, 15) is 39.0 Å². The number of nitrogens with zero attached hydrogens (tertiary/aromatic N) is 2. The summed E-state index contributed by atoms with van der Waals surface area (Å²) in [5.74, 6) is -1.91. The maximum atomic E-state index is 13.3. The van der Waals surface area contributed by atoms with Crippen molar-refractivity contribution in [3.8, 4) is 11.5 Å². The Morgan fingerprint density at radius 2 is 1.38 bits per heavy atom. The van der Waals surface area contributed by atoms with Gasteiger partial charge in [-0.2, -0.15) is 0 Å². The number of aromatic nitrogens is 2. The molecule has 1 aromatic heterocycles. The summed E-state index contributed by atoms with van der Waals surface area (Å²) in [4.78, 5) is 78.1. The Bertz CT molecular complexity index is 2630. The highest BCUT2D eigenvalue weighted by Crippen LogP contribution is 2.43. The number of morpholine rings is 1. The fourth-order valence-corrected chi connectivity index (χ4v) is 8.96. The number of nitrogens with one attached hydrogen (secondary N) is 2. The zero-order chi connectivity index (χ0) is 54.8. The van der Waals surface area contributed by atoms with Crippen LogP contribution in [0.5, 0.6) is 11.5 Å². The minimum Gasteiger partial charge on any atom is -0.508 e. The van der Waals surface area contributed by atoms with Crippen molar-refractivity contribution >= 4 is 23.8 Å². The van der Waals surface area contributed by atoms with Crippen LogP contribution in [-0.2, 0) is 72.1 Å². The molecule has 2 aliphatic rings. The molecule has 2 fully saturated rings. The second kappa shape index (κ2) is 28.0. The first kappa shape index (κ1) is 58.7. The molecule has 4 aromatic rings. The number of carbonyl (C=O) groups excluding carboxylic acids is 4. The number of aliphatic hydroxyl groups is 1. The number of methoxy groups -OCH3 is 1. The molecule has 0 aliphatic carbocycles. The summed E-state index contributed by atoms with van der Waals surface area (Å²) >= 11 is 0. The highest BCUT2D eigenvalue weighted by Gasteiger charge is 2.52. The Kier molecular flexibility index (Phi) is 21.6. The fourth-order valence-electron chi connectivity index (χ4n) is 8.96. The van der Waals surface area contributed by atoms with Gasteiger partial charge in [0.05, 0.1) is 66.6 Å². The molecular formula is C53H68N4O19. The van der Waals surface area contributed by atoms with Gasteiger partial charge in [0, 0.05) is 59.1 Å². The second-order valence-electron chi connectivity index (χ2n) is 18.2. The van der Waals surface area contributed by atoms with Gasteiger partial charge in [-0.3, -0.25) is 38.4 Å². The number of hydrogen-bond acceptors (Lipinski definition) is 20. The van der Waals surface area contributed by atoms with E-state index in [1.807, 2.05) is 59.5 Å². The first-order chi connectivity index (χ1) is 36.5. The number of hydrogen-bond donors (Lipinski definition) is 4. The van der Waals surface area contributed by atoms with Crippen molar-refractivity contribution in [2.75, 3.05) is 92.8 Å². The molecular weight excluding hydrogens is 997 g/mol. The maximum absolute atomic E-state index is 13.3. The summed E-state index contributed by atoms with van der Waals surface area (Å²) in [5.41, 5.74) is -1.54. The fraction of sp³-hybridized carbons (Fsp3) is 0.509. The van der Waals surface area contributed by atoms with Gasteiger partial charge in [-0.1, -0.05) is 54.6 Å². The molecule has 414 valence electrons. The number of aromatic amines is 1. The van der Waals surface area contributed by atoms with Crippen LogP contribution in [0.3, 0.4) is 0 Å². The topological polar surface area (TPSA) is 280 Å². The summed E-state index contributed by atoms with van der Waals surface area (Å²) in [6, 6.07) is 22.5. The van der Waals surface area contributed by atoms with Crippen LogP contribution in [0.1, 0.15) is 56.2 Å². The zero-order valence-corrected chi connectivity index (χ0v) is 43.5. The van der Waals surface area contributed by atoms with Gasteiger partial charge >= 0.3 is 23.6 Å². The molecule has 23 nitrogen and oxygen atoms in total. The number of amides is 1. The van der Waals surface area contributed by atoms with Crippen molar-refractivity contribution in [2.24, 2.45) is 0 Å². The van der Waals surface area contributed by atoms with E-state index in [4.69, 9.17) is 52.1 Å². The largest absolute Gasteiger partial charge is 0.508 e. The van der Waals surface area contributed by atoms with Crippen molar-refractivity contribution in [3.63, 3.8) is 0 Å². The molecule has 4 N–H and O–H groups in total. The van der Waals surface area contributed by atoms with Crippen molar-refractivity contribution in [1.29, 1.82) is 0 Å². The standard InChI is InChI=1S/C53H68N4O19/c1-34-28-57(51(65)55-49(34)64)45-29-56(31-52(32-58,76-45)33-72-53(39-10-8-7-9-11-39,40-12-16-42(63)17-13-40)41-14-18-43(66-6)19-15-41)20-21-67-22-23-68-24-25-69-26-27-70-50-46(54-35(2)59)48(74-38(5)62)47(73-37(4)61)44(75-50)30-71-36(3)60/h7-19,28,44-48,50,58,63H,20-27,29-33H2,1-6H3,(H,54,59)(H,55,64,65)/t44-,45-,46-,47+,48-,50-,52-,53?/m1/s1. The van der Waals surface area contributed by atoms with Gasteiger partial charge in [0.25, 0.3) is 5.56 Å². The summed E-state index contributed by atoms with van der Waals surface area (Å²) in [6.45, 7) is 6.93. The number of ether oxygens (including phenoxy) is 11. The number of H-pyrrole nitrogens is 1. The molecule has 2 saturated heterocycles. The van der Waals surface area contributed by atoms with E-state index >= 15 is 0 Å². The summed E-state index contributed by atoms with van der Waals surface area (Å²) in [7, 11) is 1.57. The van der Waals surface area contributed by atoms with E-state index in [2.05, 4.69) is 10.3 Å². The molecule has 3 heterocycles. The average Bonchev–Trinajstić information content (AvgIpc) is 3.39. The van der Waals surface area contributed by atoms with Gasteiger partial charge in [-0.05, 0) is 47.9 Å². The lowest BCUT2D eigenvalue weighted by Gasteiger charge is -2.47. The van der Waals surface area contributed by atoms with Gasteiger partial charge in [0.15, 0.2) is 24.7 Å². The normalized spacial score (nSPS) is 22.5. The quantitative estimate of drug-likeness (QED) is 0.0287. The SMILES string of the molecule is COc1ccc(C(OC[C@]2(CO)CN(CCOCCOCCOCCO[C@@H]3O[C@H](COC(C)=O)[C@H](OC(C)=O)[C@H](OC(C)=O)[C@H]3NC(C)=O)C[C@H](n3cc(C)c(=O)[nH]c3=O)O2)(c2ccccc2)c2ccc(O)cc2)cc1. The molecule has 2 aliphatic heterocycles. The Morgan fingerprint density at radius 3 is 1.97 bits per heavy atom. The molecule has 8 atom stereocenters. The minimum absolute atomic E-state index is 0.0489. The number of rotatable bonds is 27. The lowest BCUT2D eigenvalue weighted by Crippen LogP contribution is -2.66. The highest BCUT2D eigenvalue weighted by molar-refractivity contribution is 5.73. The van der Waals surface area contributed by atoms with E-state index in [1.54, 1.807) is 38.3 Å². The van der Waals surface area contributed by atoms with Gasteiger partial charge in [0.2, 0.25) is 5.91 Å². The number of carbonyl (C=O) groups is 4. The van der Waals surface area contributed by atoms with Crippen LogP contribution in [0, 0.1) is 6.92 Å². The lowest BCUT2D eigenvalue weighted by atomic mass is 9.79. The second-order valence-corrected chi connectivity index (χ2v) is 18.2. The van der Waals surface area contributed by atoms with Crippen molar-refractivity contribution in [3.05, 3.63) is 128 Å². The summed E-state index contributed by atoms with van der Waals surface area (Å²) in [6.07, 6.45) is -4.40.